The number of para-hydroxylation sites is 1. The van der Waals surface area contributed by atoms with Crippen LogP contribution in [0.1, 0.15) is 24.8 Å². The van der Waals surface area contributed by atoms with Gasteiger partial charge in [-0.3, -0.25) is 0 Å². The molecule has 5 heteroatoms. The van der Waals surface area contributed by atoms with E-state index < -0.39 is 0 Å². The van der Waals surface area contributed by atoms with Gasteiger partial charge in [-0.1, -0.05) is 18.2 Å². The Kier molecular flexibility index (Phi) is 5.32. The van der Waals surface area contributed by atoms with Crippen LogP contribution in [0, 0.1) is 0 Å². The summed E-state index contributed by atoms with van der Waals surface area (Å²) < 4.78 is 10.4. The molecular weight excluding hydrogens is 290 g/mol. The lowest BCUT2D eigenvalue weighted by Crippen LogP contribution is -2.29. The maximum absolute atomic E-state index is 5.49. The lowest BCUT2D eigenvalue weighted by Gasteiger charge is -2.27. The lowest BCUT2D eigenvalue weighted by atomic mass is 10.1. The zero-order chi connectivity index (χ0) is 15.9. The van der Waals surface area contributed by atoms with Crippen molar-refractivity contribution in [3.63, 3.8) is 0 Å². The molecule has 0 unspecified atom stereocenters. The van der Waals surface area contributed by atoms with Crippen molar-refractivity contribution in [3.8, 4) is 11.5 Å². The van der Waals surface area contributed by atoms with Gasteiger partial charge < -0.3 is 20.1 Å². The number of hydrogen-bond donors (Lipinski definition) is 1. The summed E-state index contributed by atoms with van der Waals surface area (Å²) in [5, 5.41) is 0. The zero-order valence-corrected chi connectivity index (χ0v) is 13.3. The fourth-order valence-corrected chi connectivity index (χ4v) is 2.82. The van der Waals surface area contributed by atoms with Crippen molar-refractivity contribution < 1.29 is 9.47 Å². The highest BCUT2D eigenvalue weighted by Crippen LogP contribution is 2.34. The summed E-state index contributed by atoms with van der Waals surface area (Å²) in [6.07, 6.45) is 5.88. The van der Waals surface area contributed by atoms with Crippen LogP contribution in [0.15, 0.2) is 42.6 Å². The van der Waals surface area contributed by atoms with Crippen molar-refractivity contribution in [2.45, 2.75) is 25.8 Å². The molecule has 1 aromatic heterocycles. The third-order valence-corrected chi connectivity index (χ3v) is 4.03. The second-order valence-electron chi connectivity index (χ2n) is 5.59. The number of anilines is 1. The van der Waals surface area contributed by atoms with Crippen molar-refractivity contribution in [2.24, 2.45) is 5.73 Å². The molecule has 1 fully saturated rings. The van der Waals surface area contributed by atoms with Gasteiger partial charge in [0.05, 0.1) is 0 Å². The van der Waals surface area contributed by atoms with Gasteiger partial charge in [0.15, 0.2) is 11.5 Å². The number of piperidine rings is 1. The molecule has 2 aliphatic rings. The Morgan fingerprint density at radius 2 is 1.87 bits per heavy atom. The van der Waals surface area contributed by atoms with Gasteiger partial charge in [0, 0.05) is 31.4 Å². The van der Waals surface area contributed by atoms with E-state index in [0.29, 0.717) is 13.3 Å². The number of benzene rings is 1. The van der Waals surface area contributed by atoms with Gasteiger partial charge in [0.25, 0.3) is 0 Å². The standard InChI is InChI=1S/C10H14N2.C8H9NO2/c1-4-8-12(9-5-1)10-6-2-3-7-11-10;9-4-6-2-1-3-7-8(6)11-5-10-7/h2-3,6-7H,1,4-5,8-9H2;1-3H,4-5,9H2. The number of pyridine rings is 1. The van der Waals surface area contributed by atoms with Gasteiger partial charge in [-0.2, -0.15) is 0 Å². The Morgan fingerprint density at radius 1 is 1.00 bits per heavy atom. The average Bonchev–Trinajstić information content (AvgIpc) is 3.12. The predicted molar refractivity (Wildman–Crippen MR) is 90.8 cm³/mol. The van der Waals surface area contributed by atoms with Crippen LogP contribution < -0.4 is 20.1 Å². The van der Waals surface area contributed by atoms with Gasteiger partial charge in [-0.15, -0.1) is 0 Å². The average molecular weight is 313 g/mol. The van der Waals surface area contributed by atoms with E-state index in [1.807, 2.05) is 30.5 Å². The third kappa shape index (κ3) is 3.93. The first-order valence-corrected chi connectivity index (χ1v) is 8.12. The Labute approximate surface area is 137 Å². The number of aromatic nitrogens is 1. The van der Waals surface area contributed by atoms with Crippen LogP contribution in [0.3, 0.4) is 0 Å². The number of ether oxygens (including phenoxy) is 2. The van der Waals surface area contributed by atoms with E-state index in [9.17, 15) is 0 Å². The van der Waals surface area contributed by atoms with Gasteiger partial charge in [-0.25, -0.2) is 4.98 Å². The van der Waals surface area contributed by atoms with E-state index in [-0.39, 0.29) is 0 Å². The molecule has 122 valence electrons. The van der Waals surface area contributed by atoms with Gasteiger partial charge in [0.1, 0.15) is 5.82 Å². The number of hydrogen-bond acceptors (Lipinski definition) is 5. The molecule has 0 aliphatic carbocycles. The molecule has 0 bridgehead atoms. The number of fused-ring (bicyclic) bond motifs is 1. The first kappa shape index (κ1) is 15.6. The van der Waals surface area contributed by atoms with E-state index in [1.54, 1.807) is 0 Å². The molecule has 5 nitrogen and oxygen atoms in total. The Balaban J connectivity index is 0.000000136. The minimum atomic E-state index is 0.312. The lowest BCUT2D eigenvalue weighted by molar-refractivity contribution is 0.173. The van der Waals surface area contributed by atoms with Crippen LogP contribution >= 0.6 is 0 Å². The van der Waals surface area contributed by atoms with Crippen molar-refractivity contribution in [2.75, 3.05) is 24.8 Å². The van der Waals surface area contributed by atoms with E-state index >= 15 is 0 Å². The normalized spacial score (nSPS) is 15.8. The third-order valence-electron chi connectivity index (χ3n) is 4.03. The van der Waals surface area contributed by atoms with Crippen LogP contribution in [-0.4, -0.2) is 24.9 Å². The highest BCUT2D eigenvalue weighted by atomic mass is 16.7. The number of nitrogens with two attached hydrogens (primary N) is 1. The molecule has 2 aromatic rings. The first-order chi connectivity index (χ1) is 11.4. The summed E-state index contributed by atoms with van der Waals surface area (Å²) in [5.41, 5.74) is 6.49. The van der Waals surface area contributed by atoms with Crippen molar-refractivity contribution in [3.05, 3.63) is 48.2 Å². The number of nitrogens with zero attached hydrogens (tertiary/aromatic N) is 2. The molecule has 1 saturated heterocycles. The molecule has 1 aromatic carbocycles. The molecule has 4 rings (SSSR count). The van der Waals surface area contributed by atoms with E-state index in [2.05, 4.69) is 22.0 Å². The van der Waals surface area contributed by atoms with Gasteiger partial charge in [-0.05, 0) is 37.5 Å². The Bertz CT molecular complexity index is 613. The molecule has 0 amide bonds. The summed E-state index contributed by atoms with van der Waals surface area (Å²) in [4.78, 5) is 6.69. The summed E-state index contributed by atoms with van der Waals surface area (Å²) >= 11 is 0. The molecule has 0 radical (unpaired) electrons. The fraction of sp³-hybridized carbons (Fsp3) is 0.389. The van der Waals surface area contributed by atoms with Gasteiger partial charge >= 0.3 is 0 Å². The second-order valence-corrected chi connectivity index (χ2v) is 5.59. The van der Waals surface area contributed by atoms with Crippen LogP contribution in [0.25, 0.3) is 0 Å². The first-order valence-electron chi connectivity index (χ1n) is 8.12. The molecule has 0 atom stereocenters. The van der Waals surface area contributed by atoms with E-state index in [1.165, 1.54) is 32.4 Å². The van der Waals surface area contributed by atoms with Crippen LogP contribution in [0.5, 0.6) is 11.5 Å². The summed E-state index contributed by atoms with van der Waals surface area (Å²) in [5.74, 6) is 2.74. The molecule has 0 spiro atoms. The molecule has 3 heterocycles. The van der Waals surface area contributed by atoms with Crippen LogP contribution in [0.4, 0.5) is 5.82 Å². The maximum Gasteiger partial charge on any atom is 0.231 e. The summed E-state index contributed by atoms with van der Waals surface area (Å²) in [6, 6.07) is 11.8. The van der Waals surface area contributed by atoms with Gasteiger partial charge in [0.2, 0.25) is 6.79 Å². The zero-order valence-electron chi connectivity index (χ0n) is 13.3. The van der Waals surface area contributed by atoms with Crippen LogP contribution in [-0.2, 0) is 6.54 Å². The van der Waals surface area contributed by atoms with E-state index in [4.69, 9.17) is 15.2 Å². The molecule has 23 heavy (non-hydrogen) atoms. The summed E-state index contributed by atoms with van der Waals surface area (Å²) in [7, 11) is 0. The largest absolute Gasteiger partial charge is 0.454 e. The molecule has 2 aliphatic heterocycles. The Morgan fingerprint density at radius 3 is 2.61 bits per heavy atom. The minimum Gasteiger partial charge on any atom is -0.454 e. The van der Waals surface area contributed by atoms with Crippen molar-refractivity contribution >= 4 is 5.82 Å². The monoisotopic (exact) mass is 313 g/mol. The SMILES string of the molecule is NCc1cccc2c1OCO2.c1ccc(N2CCCCC2)nc1. The Hall–Kier alpha value is -2.27. The smallest absolute Gasteiger partial charge is 0.231 e. The number of rotatable bonds is 2. The molecular formula is C18H23N3O2. The maximum atomic E-state index is 5.49. The highest BCUT2D eigenvalue weighted by Gasteiger charge is 2.15. The minimum absolute atomic E-state index is 0.312. The summed E-state index contributed by atoms with van der Waals surface area (Å²) in [6.45, 7) is 3.16. The quantitative estimate of drug-likeness (QED) is 0.923. The van der Waals surface area contributed by atoms with E-state index in [0.717, 1.165) is 22.9 Å². The fourth-order valence-electron chi connectivity index (χ4n) is 2.82. The molecule has 2 N–H and O–H groups in total. The topological polar surface area (TPSA) is 60.6 Å². The highest BCUT2D eigenvalue weighted by molar-refractivity contribution is 5.47. The predicted octanol–water partition coefficient (Wildman–Crippen LogP) is 2.95. The van der Waals surface area contributed by atoms with Crippen molar-refractivity contribution in [1.29, 1.82) is 0 Å². The molecule has 0 saturated carbocycles. The van der Waals surface area contributed by atoms with Crippen molar-refractivity contribution in [1.82, 2.24) is 4.98 Å². The second kappa shape index (κ2) is 7.83. The van der Waals surface area contributed by atoms with Crippen LogP contribution in [0.2, 0.25) is 0 Å².